The molecule has 0 bridgehead atoms. The largest absolute Gasteiger partial charge is 0.288 e. The summed E-state index contributed by atoms with van der Waals surface area (Å²) in [6, 6.07) is 7.99. The Morgan fingerprint density at radius 3 is 2.95 bits per heavy atom. The van der Waals surface area contributed by atoms with Gasteiger partial charge in [-0.05, 0) is 24.3 Å². The average Bonchev–Trinajstić information content (AvgIpc) is 3.16. The van der Waals surface area contributed by atoms with Crippen molar-refractivity contribution in [3.05, 3.63) is 62.5 Å². The van der Waals surface area contributed by atoms with Gasteiger partial charge < -0.3 is 0 Å². The Morgan fingerprint density at radius 2 is 2.19 bits per heavy atom. The maximum atomic E-state index is 11.9. The van der Waals surface area contributed by atoms with E-state index in [0.29, 0.717) is 4.88 Å². The molecule has 3 nitrogen and oxygen atoms in total. The van der Waals surface area contributed by atoms with Crippen LogP contribution in [0.1, 0.15) is 15.4 Å². The first-order valence-corrected chi connectivity index (χ1v) is 8.60. The number of carbonyl (C=O) groups excluding carboxylic acids is 1. The Hall–Kier alpha value is -1.63. The molecule has 2 aromatic heterocycles. The first-order valence-electron chi connectivity index (χ1n) is 6.05. The number of carbonyl (C=O) groups is 1. The SMILES string of the molecule is O=C(/C=C/c1csc(-c2cccc(Br)c2)n1)c1cncs1. The van der Waals surface area contributed by atoms with Gasteiger partial charge in [-0.15, -0.1) is 22.7 Å². The Balaban J connectivity index is 1.78. The Bertz CT molecular complexity index is 794. The van der Waals surface area contributed by atoms with E-state index in [1.165, 1.54) is 17.4 Å². The lowest BCUT2D eigenvalue weighted by atomic mass is 10.2. The van der Waals surface area contributed by atoms with E-state index in [2.05, 4.69) is 25.9 Å². The first-order chi connectivity index (χ1) is 10.2. The van der Waals surface area contributed by atoms with E-state index >= 15 is 0 Å². The van der Waals surface area contributed by atoms with Crippen molar-refractivity contribution in [3.63, 3.8) is 0 Å². The number of hydrogen-bond donors (Lipinski definition) is 0. The number of nitrogens with zero attached hydrogens (tertiary/aromatic N) is 2. The molecule has 0 atom stereocenters. The predicted octanol–water partition coefficient (Wildman–Crippen LogP) is 4.93. The zero-order valence-corrected chi connectivity index (χ0v) is 13.9. The van der Waals surface area contributed by atoms with E-state index in [0.717, 1.165) is 20.7 Å². The molecule has 0 spiro atoms. The molecular formula is C15H9BrN2OS2. The molecule has 104 valence electrons. The Morgan fingerprint density at radius 1 is 1.29 bits per heavy atom. The molecule has 0 aliphatic carbocycles. The van der Waals surface area contributed by atoms with Crippen molar-refractivity contribution >= 4 is 50.5 Å². The molecule has 3 rings (SSSR count). The number of halogens is 1. The number of benzene rings is 1. The third-order valence-corrected chi connectivity index (χ3v) is 4.86. The van der Waals surface area contributed by atoms with Crippen LogP contribution in [-0.4, -0.2) is 15.8 Å². The minimum absolute atomic E-state index is 0.0468. The second-order valence-corrected chi connectivity index (χ2v) is 6.81. The van der Waals surface area contributed by atoms with Crippen molar-refractivity contribution in [2.75, 3.05) is 0 Å². The molecule has 1 aromatic carbocycles. The molecule has 6 heteroatoms. The summed E-state index contributed by atoms with van der Waals surface area (Å²) in [5.41, 5.74) is 3.49. The highest BCUT2D eigenvalue weighted by atomic mass is 79.9. The lowest BCUT2D eigenvalue weighted by Crippen LogP contribution is -1.89. The van der Waals surface area contributed by atoms with Gasteiger partial charge in [-0.2, -0.15) is 0 Å². The fourth-order valence-electron chi connectivity index (χ4n) is 1.70. The summed E-state index contributed by atoms with van der Waals surface area (Å²) in [6.45, 7) is 0. The maximum Gasteiger partial charge on any atom is 0.197 e. The fourth-order valence-corrected chi connectivity index (χ4v) is 3.42. The molecule has 0 unspecified atom stereocenters. The van der Waals surface area contributed by atoms with Crippen molar-refractivity contribution in [1.29, 1.82) is 0 Å². The van der Waals surface area contributed by atoms with Crippen LogP contribution in [0.25, 0.3) is 16.6 Å². The van der Waals surface area contributed by atoms with Crippen LogP contribution in [0.3, 0.4) is 0 Å². The topological polar surface area (TPSA) is 42.9 Å². The lowest BCUT2D eigenvalue weighted by molar-refractivity contribution is 0.105. The van der Waals surface area contributed by atoms with Crippen LogP contribution in [0, 0.1) is 0 Å². The molecule has 0 saturated carbocycles. The number of allylic oxidation sites excluding steroid dienone is 1. The Labute approximate surface area is 138 Å². The maximum absolute atomic E-state index is 11.9. The molecule has 0 aliphatic heterocycles. The minimum Gasteiger partial charge on any atom is -0.288 e. The normalized spacial score (nSPS) is 11.1. The van der Waals surface area contributed by atoms with E-state index in [-0.39, 0.29) is 5.78 Å². The van der Waals surface area contributed by atoms with Gasteiger partial charge in [0.15, 0.2) is 5.78 Å². The van der Waals surface area contributed by atoms with E-state index in [4.69, 9.17) is 0 Å². The van der Waals surface area contributed by atoms with Crippen LogP contribution in [-0.2, 0) is 0 Å². The van der Waals surface area contributed by atoms with Gasteiger partial charge in [0.1, 0.15) is 5.01 Å². The number of thiazole rings is 2. The molecule has 3 aromatic rings. The van der Waals surface area contributed by atoms with Crippen LogP contribution >= 0.6 is 38.6 Å². The van der Waals surface area contributed by atoms with Crippen molar-refractivity contribution in [1.82, 2.24) is 9.97 Å². The molecule has 0 saturated heterocycles. The summed E-state index contributed by atoms with van der Waals surface area (Å²) >= 11 is 6.34. The van der Waals surface area contributed by atoms with Crippen LogP contribution in [0.2, 0.25) is 0 Å². The van der Waals surface area contributed by atoms with Gasteiger partial charge in [0, 0.05) is 21.6 Å². The van der Waals surface area contributed by atoms with Gasteiger partial charge in [-0.25, -0.2) is 4.98 Å². The third kappa shape index (κ3) is 3.53. The molecule has 0 fully saturated rings. The van der Waals surface area contributed by atoms with Crippen molar-refractivity contribution in [2.24, 2.45) is 0 Å². The predicted molar refractivity (Wildman–Crippen MR) is 90.7 cm³/mol. The number of ketones is 1. The van der Waals surface area contributed by atoms with Gasteiger partial charge in [-0.1, -0.05) is 28.1 Å². The van der Waals surface area contributed by atoms with Crippen molar-refractivity contribution < 1.29 is 4.79 Å². The van der Waals surface area contributed by atoms with Crippen LogP contribution in [0.4, 0.5) is 0 Å². The van der Waals surface area contributed by atoms with E-state index < -0.39 is 0 Å². The lowest BCUT2D eigenvalue weighted by Gasteiger charge is -1.95. The van der Waals surface area contributed by atoms with Crippen LogP contribution < -0.4 is 0 Å². The van der Waals surface area contributed by atoms with Crippen LogP contribution in [0.5, 0.6) is 0 Å². The second kappa shape index (κ2) is 6.43. The fraction of sp³-hybridized carbons (Fsp3) is 0. The number of aromatic nitrogens is 2. The zero-order chi connectivity index (χ0) is 14.7. The highest BCUT2D eigenvalue weighted by molar-refractivity contribution is 9.10. The number of hydrogen-bond acceptors (Lipinski definition) is 5. The molecule has 0 amide bonds. The van der Waals surface area contributed by atoms with Crippen molar-refractivity contribution in [2.45, 2.75) is 0 Å². The van der Waals surface area contributed by atoms with Gasteiger partial charge in [-0.3, -0.25) is 9.78 Å². The smallest absolute Gasteiger partial charge is 0.197 e. The first kappa shape index (κ1) is 14.3. The Kier molecular flexibility index (Phi) is 4.38. The van der Waals surface area contributed by atoms with Crippen molar-refractivity contribution in [3.8, 4) is 10.6 Å². The highest BCUT2D eigenvalue weighted by Crippen LogP contribution is 2.26. The van der Waals surface area contributed by atoms with E-state index in [9.17, 15) is 4.79 Å². The molecule has 0 N–H and O–H groups in total. The molecule has 21 heavy (non-hydrogen) atoms. The summed E-state index contributed by atoms with van der Waals surface area (Å²) in [5.74, 6) is -0.0468. The van der Waals surface area contributed by atoms with Gasteiger partial charge in [0.25, 0.3) is 0 Å². The summed E-state index contributed by atoms with van der Waals surface area (Å²) in [4.78, 5) is 20.9. The van der Waals surface area contributed by atoms with Gasteiger partial charge >= 0.3 is 0 Å². The van der Waals surface area contributed by atoms with Gasteiger partial charge in [0.2, 0.25) is 0 Å². The molecule has 0 aliphatic rings. The molecular weight excluding hydrogens is 368 g/mol. The van der Waals surface area contributed by atoms with E-state index in [1.807, 2.05) is 29.6 Å². The second-order valence-electron chi connectivity index (χ2n) is 4.15. The average molecular weight is 377 g/mol. The zero-order valence-electron chi connectivity index (χ0n) is 10.7. The highest BCUT2D eigenvalue weighted by Gasteiger charge is 2.05. The molecule has 2 heterocycles. The van der Waals surface area contributed by atoms with Crippen LogP contribution in [0.15, 0.2) is 51.9 Å². The van der Waals surface area contributed by atoms with Gasteiger partial charge in [0.05, 0.1) is 16.1 Å². The monoisotopic (exact) mass is 376 g/mol. The quantitative estimate of drug-likeness (QED) is 0.479. The third-order valence-electron chi connectivity index (χ3n) is 2.67. The number of rotatable bonds is 4. The minimum atomic E-state index is -0.0468. The summed E-state index contributed by atoms with van der Waals surface area (Å²) < 4.78 is 1.02. The summed E-state index contributed by atoms with van der Waals surface area (Å²) in [5, 5.41) is 2.87. The summed E-state index contributed by atoms with van der Waals surface area (Å²) in [7, 11) is 0. The molecule has 0 radical (unpaired) electrons. The van der Waals surface area contributed by atoms with E-state index in [1.54, 1.807) is 29.1 Å². The standard InChI is InChI=1S/C15H9BrN2OS2/c16-11-3-1-2-10(6-11)15-18-12(8-20-15)4-5-13(19)14-7-17-9-21-14/h1-9H/b5-4+. The summed E-state index contributed by atoms with van der Waals surface area (Å²) in [6.07, 6.45) is 4.85.